The molecule has 1 unspecified atom stereocenters. The van der Waals surface area contributed by atoms with E-state index in [1.807, 2.05) is 38.1 Å². The lowest BCUT2D eigenvalue weighted by molar-refractivity contribution is 0.0933. The number of aryl methyl sites for hydroxylation is 2. The Morgan fingerprint density at radius 2 is 2.15 bits per heavy atom. The number of amides is 1. The number of aromatic nitrogens is 4. The number of ether oxygens (including phenoxy) is 1. The molecule has 4 rings (SSSR count). The van der Waals surface area contributed by atoms with Crippen LogP contribution in [-0.2, 0) is 6.42 Å². The van der Waals surface area contributed by atoms with E-state index in [0.717, 1.165) is 30.0 Å². The Balaban J connectivity index is 1.48. The summed E-state index contributed by atoms with van der Waals surface area (Å²) in [7, 11) is 0. The lowest BCUT2D eigenvalue weighted by atomic mass is 9.97. The predicted molar refractivity (Wildman–Crippen MR) is 96.3 cm³/mol. The van der Waals surface area contributed by atoms with Crippen LogP contribution in [0.1, 0.15) is 34.0 Å². The van der Waals surface area contributed by atoms with E-state index in [-0.39, 0.29) is 11.7 Å². The smallest absolute Gasteiger partial charge is 0.289 e. The van der Waals surface area contributed by atoms with Crippen molar-refractivity contribution in [1.29, 1.82) is 0 Å². The topological polar surface area (TPSA) is 81.4 Å². The summed E-state index contributed by atoms with van der Waals surface area (Å²) in [6.07, 6.45) is 1.78. The summed E-state index contributed by atoms with van der Waals surface area (Å²) in [6.45, 7) is 5.05. The lowest BCUT2D eigenvalue weighted by Crippen LogP contribution is -2.32. The van der Waals surface area contributed by atoms with Gasteiger partial charge in [0.25, 0.3) is 11.7 Å². The summed E-state index contributed by atoms with van der Waals surface area (Å²) in [6, 6.07) is 9.99. The van der Waals surface area contributed by atoms with Crippen LogP contribution in [0.4, 0.5) is 0 Å². The van der Waals surface area contributed by atoms with Crippen LogP contribution >= 0.6 is 0 Å². The third kappa shape index (κ3) is 3.12. The molecule has 26 heavy (non-hydrogen) atoms. The van der Waals surface area contributed by atoms with Gasteiger partial charge in [-0.3, -0.25) is 9.20 Å². The molecule has 1 aromatic carbocycles. The van der Waals surface area contributed by atoms with Gasteiger partial charge < -0.3 is 10.1 Å². The number of carbonyl (C=O) groups is 1. The van der Waals surface area contributed by atoms with Gasteiger partial charge in [0.1, 0.15) is 5.75 Å². The van der Waals surface area contributed by atoms with Crippen molar-refractivity contribution in [2.24, 2.45) is 5.92 Å². The molecular weight excluding hydrogens is 330 g/mol. The predicted octanol–water partition coefficient (Wildman–Crippen LogP) is 2.11. The number of benzene rings is 1. The maximum Gasteiger partial charge on any atom is 0.289 e. The first-order valence-electron chi connectivity index (χ1n) is 8.80. The summed E-state index contributed by atoms with van der Waals surface area (Å²) in [4.78, 5) is 17.0. The molecule has 2 aromatic heterocycles. The minimum absolute atomic E-state index is 0.232. The average molecular weight is 351 g/mol. The maximum absolute atomic E-state index is 12.6. The number of hydrogen-bond donors (Lipinski definition) is 1. The minimum atomic E-state index is -0.232. The molecule has 0 saturated heterocycles. The first-order valence-corrected chi connectivity index (χ1v) is 8.80. The molecule has 1 aliphatic rings. The number of para-hydroxylation sites is 1. The molecule has 3 aromatic rings. The fourth-order valence-corrected chi connectivity index (χ4v) is 3.43. The van der Waals surface area contributed by atoms with Crippen molar-refractivity contribution >= 4 is 11.7 Å². The summed E-state index contributed by atoms with van der Waals surface area (Å²) in [5.74, 6) is 1.76. The van der Waals surface area contributed by atoms with Crippen molar-refractivity contribution in [3.05, 3.63) is 53.1 Å². The normalized spacial score (nSPS) is 16.6. The van der Waals surface area contributed by atoms with E-state index in [0.29, 0.717) is 24.8 Å². The maximum atomic E-state index is 12.6. The molecule has 1 aliphatic heterocycles. The van der Waals surface area contributed by atoms with Crippen molar-refractivity contribution in [2.75, 3.05) is 13.2 Å². The standard InChI is InChI=1S/C19H21N5O2/c1-12-9-13(2)24-17(22-23-19(24)21-12)18(25)20-11-14-7-8-26-16-6-4-3-5-15(16)10-14/h3-6,9,14H,7-8,10-11H2,1-2H3,(H,20,25). The molecule has 1 atom stereocenters. The van der Waals surface area contributed by atoms with E-state index >= 15 is 0 Å². The zero-order valence-corrected chi connectivity index (χ0v) is 14.9. The zero-order chi connectivity index (χ0) is 18.1. The lowest BCUT2D eigenvalue weighted by Gasteiger charge is -2.14. The Labute approximate surface area is 151 Å². The molecule has 0 aliphatic carbocycles. The van der Waals surface area contributed by atoms with Gasteiger partial charge in [0.15, 0.2) is 0 Å². The Bertz CT molecular complexity index is 966. The monoisotopic (exact) mass is 351 g/mol. The number of hydrogen-bond acceptors (Lipinski definition) is 5. The van der Waals surface area contributed by atoms with E-state index in [1.165, 1.54) is 5.56 Å². The van der Waals surface area contributed by atoms with Crippen molar-refractivity contribution in [1.82, 2.24) is 24.9 Å². The van der Waals surface area contributed by atoms with Crippen LogP contribution in [0, 0.1) is 19.8 Å². The molecule has 3 heterocycles. The van der Waals surface area contributed by atoms with Crippen LogP contribution in [0.2, 0.25) is 0 Å². The number of rotatable bonds is 3. The second-order valence-electron chi connectivity index (χ2n) is 6.72. The van der Waals surface area contributed by atoms with Gasteiger partial charge in [-0.2, -0.15) is 0 Å². The first kappa shape index (κ1) is 16.5. The average Bonchev–Trinajstić information content (AvgIpc) is 2.93. The van der Waals surface area contributed by atoms with Gasteiger partial charge in [0, 0.05) is 17.9 Å². The van der Waals surface area contributed by atoms with Gasteiger partial charge in [-0.05, 0) is 50.3 Å². The largest absolute Gasteiger partial charge is 0.493 e. The molecule has 7 heteroatoms. The van der Waals surface area contributed by atoms with Crippen LogP contribution in [0.15, 0.2) is 30.3 Å². The van der Waals surface area contributed by atoms with Gasteiger partial charge in [0.2, 0.25) is 5.82 Å². The fraction of sp³-hybridized carbons (Fsp3) is 0.368. The minimum Gasteiger partial charge on any atom is -0.493 e. The molecule has 0 bridgehead atoms. The highest BCUT2D eigenvalue weighted by Crippen LogP contribution is 2.26. The highest BCUT2D eigenvalue weighted by Gasteiger charge is 2.21. The van der Waals surface area contributed by atoms with E-state index in [4.69, 9.17) is 4.74 Å². The second-order valence-corrected chi connectivity index (χ2v) is 6.72. The molecule has 0 radical (unpaired) electrons. The van der Waals surface area contributed by atoms with E-state index < -0.39 is 0 Å². The van der Waals surface area contributed by atoms with Crippen molar-refractivity contribution in [3.63, 3.8) is 0 Å². The van der Waals surface area contributed by atoms with Crippen molar-refractivity contribution in [2.45, 2.75) is 26.7 Å². The van der Waals surface area contributed by atoms with E-state index in [9.17, 15) is 4.79 Å². The molecular formula is C19H21N5O2. The Hall–Kier alpha value is -2.96. The Morgan fingerprint density at radius 1 is 1.31 bits per heavy atom. The van der Waals surface area contributed by atoms with Crippen molar-refractivity contribution < 1.29 is 9.53 Å². The van der Waals surface area contributed by atoms with Crippen molar-refractivity contribution in [3.8, 4) is 5.75 Å². The summed E-state index contributed by atoms with van der Waals surface area (Å²) >= 11 is 0. The second kappa shape index (κ2) is 6.74. The molecule has 134 valence electrons. The third-order valence-corrected chi connectivity index (χ3v) is 4.71. The van der Waals surface area contributed by atoms with E-state index in [2.05, 4.69) is 26.6 Å². The van der Waals surface area contributed by atoms with Gasteiger partial charge in [-0.15, -0.1) is 10.2 Å². The number of nitrogens with one attached hydrogen (secondary N) is 1. The molecule has 1 N–H and O–H groups in total. The number of nitrogens with zero attached hydrogens (tertiary/aromatic N) is 4. The fourth-order valence-electron chi connectivity index (χ4n) is 3.43. The highest BCUT2D eigenvalue weighted by molar-refractivity contribution is 5.91. The molecule has 0 spiro atoms. The van der Waals surface area contributed by atoms with Gasteiger partial charge in [-0.25, -0.2) is 4.98 Å². The SMILES string of the molecule is Cc1cc(C)n2c(C(=O)NCC3CCOc4ccccc4C3)nnc2n1. The highest BCUT2D eigenvalue weighted by atomic mass is 16.5. The first-order chi connectivity index (χ1) is 12.6. The number of carbonyl (C=O) groups excluding carboxylic acids is 1. The molecule has 0 fully saturated rings. The van der Waals surface area contributed by atoms with Gasteiger partial charge in [0.05, 0.1) is 6.61 Å². The zero-order valence-electron chi connectivity index (χ0n) is 14.9. The summed E-state index contributed by atoms with van der Waals surface area (Å²) in [5, 5.41) is 11.1. The number of fused-ring (bicyclic) bond motifs is 2. The van der Waals surface area contributed by atoms with Crippen LogP contribution in [0.5, 0.6) is 5.75 Å². The van der Waals surface area contributed by atoms with Crippen LogP contribution in [-0.4, -0.2) is 38.6 Å². The molecule has 0 saturated carbocycles. The Kier molecular flexibility index (Phi) is 4.28. The quantitative estimate of drug-likeness (QED) is 0.782. The molecule has 7 nitrogen and oxygen atoms in total. The van der Waals surface area contributed by atoms with E-state index in [1.54, 1.807) is 4.40 Å². The summed E-state index contributed by atoms with van der Waals surface area (Å²) in [5.41, 5.74) is 2.93. The molecule has 1 amide bonds. The van der Waals surface area contributed by atoms with Crippen LogP contribution in [0.25, 0.3) is 5.78 Å². The third-order valence-electron chi connectivity index (χ3n) is 4.71. The summed E-state index contributed by atoms with van der Waals surface area (Å²) < 4.78 is 7.48. The Morgan fingerprint density at radius 3 is 3.04 bits per heavy atom. The van der Waals surface area contributed by atoms with Gasteiger partial charge in [-0.1, -0.05) is 18.2 Å². The van der Waals surface area contributed by atoms with Gasteiger partial charge >= 0.3 is 0 Å². The van der Waals surface area contributed by atoms with Crippen LogP contribution in [0.3, 0.4) is 0 Å². The van der Waals surface area contributed by atoms with Crippen LogP contribution < -0.4 is 10.1 Å².